The molecule has 0 saturated carbocycles. The Morgan fingerprint density at radius 3 is 2.55 bits per heavy atom. The first kappa shape index (κ1) is 15.0. The van der Waals surface area contributed by atoms with Gasteiger partial charge in [-0.3, -0.25) is 15.5 Å². The summed E-state index contributed by atoms with van der Waals surface area (Å²) >= 11 is 0. The van der Waals surface area contributed by atoms with Gasteiger partial charge in [-0.25, -0.2) is 0 Å². The molecule has 0 bridgehead atoms. The third kappa shape index (κ3) is 4.04. The highest BCUT2D eigenvalue weighted by atomic mass is 16.6. The number of furan rings is 1. The number of benzene rings is 1. The Labute approximate surface area is 124 Å². The summed E-state index contributed by atoms with van der Waals surface area (Å²) in [6.07, 6.45) is 4.46. The van der Waals surface area contributed by atoms with E-state index in [4.69, 9.17) is 4.42 Å². The van der Waals surface area contributed by atoms with E-state index >= 15 is 0 Å². The topological polar surface area (TPSA) is 121 Å². The molecule has 22 heavy (non-hydrogen) atoms. The second kappa shape index (κ2) is 6.84. The molecule has 2 rings (SSSR count). The summed E-state index contributed by atoms with van der Waals surface area (Å²) in [4.78, 5) is 20.4. The highest BCUT2D eigenvalue weighted by molar-refractivity contribution is 5.86. The number of allylic oxidation sites excluding steroid dienone is 1. The van der Waals surface area contributed by atoms with Gasteiger partial charge in [-0.05, 0) is 35.9 Å². The van der Waals surface area contributed by atoms with Gasteiger partial charge >= 0.3 is 5.88 Å². The summed E-state index contributed by atoms with van der Waals surface area (Å²) in [5.74, 6) is -1.25. The molecule has 8 heteroatoms. The number of hydrazone groups is 1. The maximum Gasteiger partial charge on any atom is 0.433 e. The average molecular weight is 300 g/mol. The number of carboxylic acids is 1. The minimum Gasteiger partial charge on any atom is -0.545 e. The summed E-state index contributed by atoms with van der Waals surface area (Å²) in [5.41, 5.74) is 3.36. The van der Waals surface area contributed by atoms with Crippen LogP contribution >= 0.6 is 0 Å². The average Bonchev–Trinajstić information content (AvgIpc) is 2.96. The van der Waals surface area contributed by atoms with E-state index in [1.165, 1.54) is 42.6 Å². The fraction of sp³-hybridized carbons (Fsp3) is 0. The van der Waals surface area contributed by atoms with Crippen LogP contribution in [0.2, 0.25) is 0 Å². The van der Waals surface area contributed by atoms with Gasteiger partial charge in [-0.15, -0.1) is 0 Å². The Hall–Kier alpha value is -3.42. The van der Waals surface area contributed by atoms with E-state index in [0.717, 1.165) is 0 Å². The Morgan fingerprint density at radius 2 is 1.95 bits per heavy atom. The molecule has 112 valence electrons. The van der Waals surface area contributed by atoms with Crippen LogP contribution in [0.3, 0.4) is 0 Å². The summed E-state index contributed by atoms with van der Waals surface area (Å²) < 4.78 is 4.92. The van der Waals surface area contributed by atoms with Crippen molar-refractivity contribution in [3.63, 3.8) is 0 Å². The molecule has 2 aromatic rings. The van der Waals surface area contributed by atoms with Crippen LogP contribution in [-0.2, 0) is 0 Å². The molecule has 0 fully saturated rings. The lowest BCUT2D eigenvalue weighted by atomic mass is 10.2. The van der Waals surface area contributed by atoms with E-state index < -0.39 is 10.9 Å². The van der Waals surface area contributed by atoms with Crippen LogP contribution in [0.25, 0.3) is 6.08 Å². The molecule has 0 aliphatic heterocycles. The van der Waals surface area contributed by atoms with Gasteiger partial charge in [0.25, 0.3) is 0 Å². The molecule has 1 aromatic carbocycles. The molecular weight excluding hydrogens is 290 g/mol. The lowest BCUT2D eigenvalue weighted by Crippen LogP contribution is -2.21. The number of carboxylic acid groups (broad SMARTS) is 1. The van der Waals surface area contributed by atoms with Gasteiger partial charge in [-0.1, -0.05) is 12.1 Å². The Kier molecular flexibility index (Phi) is 4.66. The number of carbonyl (C=O) groups is 1. The van der Waals surface area contributed by atoms with Gasteiger partial charge in [-0.2, -0.15) is 5.10 Å². The summed E-state index contributed by atoms with van der Waals surface area (Å²) in [7, 11) is 0. The fourth-order valence-corrected chi connectivity index (χ4v) is 1.50. The van der Waals surface area contributed by atoms with Crippen LogP contribution < -0.4 is 10.5 Å². The maximum atomic E-state index is 10.6. The molecule has 0 unspecified atom stereocenters. The van der Waals surface area contributed by atoms with Gasteiger partial charge in [0, 0.05) is 6.21 Å². The van der Waals surface area contributed by atoms with E-state index in [1.54, 1.807) is 12.1 Å². The molecule has 1 N–H and O–H groups in total. The first-order valence-electron chi connectivity index (χ1n) is 6.07. The number of nitro groups is 1. The lowest BCUT2D eigenvalue weighted by molar-refractivity contribution is -0.402. The summed E-state index contributed by atoms with van der Waals surface area (Å²) in [5, 5.41) is 24.9. The normalized spacial score (nSPS) is 11.1. The van der Waals surface area contributed by atoms with Crippen molar-refractivity contribution in [1.29, 1.82) is 0 Å². The van der Waals surface area contributed by atoms with Crippen LogP contribution in [0.4, 0.5) is 11.6 Å². The zero-order chi connectivity index (χ0) is 15.9. The van der Waals surface area contributed by atoms with Gasteiger partial charge in [0.05, 0.1) is 17.7 Å². The molecule has 0 amide bonds. The second-order valence-electron chi connectivity index (χ2n) is 4.05. The SMILES string of the molecule is O=C([O-])c1ccc(N/N=C\C=C\c2ccc([N+](=O)[O-])o2)cc1. The largest absolute Gasteiger partial charge is 0.545 e. The molecule has 8 nitrogen and oxygen atoms in total. The number of carbonyl (C=O) groups excluding carboxylic acids is 1. The first-order valence-corrected chi connectivity index (χ1v) is 6.07. The maximum absolute atomic E-state index is 10.6. The Bertz CT molecular complexity index is 731. The second-order valence-corrected chi connectivity index (χ2v) is 4.05. The van der Waals surface area contributed by atoms with Crippen molar-refractivity contribution < 1.29 is 19.2 Å². The molecule has 0 atom stereocenters. The van der Waals surface area contributed by atoms with Crippen molar-refractivity contribution in [2.45, 2.75) is 0 Å². The molecule has 0 spiro atoms. The number of hydrogen-bond acceptors (Lipinski definition) is 7. The van der Waals surface area contributed by atoms with Crippen LogP contribution in [0.1, 0.15) is 16.1 Å². The van der Waals surface area contributed by atoms with Gasteiger partial charge in [0.15, 0.2) is 0 Å². The number of rotatable bonds is 6. The quantitative estimate of drug-likeness (QED) is 0.492. The molecule has 0 saturated heterocycles. The van der Waals surface area contributed by atoms with Crippen molar-refractivity contribution in [2.75, 3.05) is 5.43 Å². The predicted octanol–water partition coefficient (Wildman–Crippen LogP) is 1.66. The zero-order valence-corrected chi connectivity index (χ0v) is 11.1. The van der Waals surface area contributed by atoms with E-state index in [2.05, 4.69) is 10.5 Å². The van der Waals surface area contributed by atoms with Crippen LogP contribution in [-0.4, -0.2) is 17.1 Å². The van der Waals surface area contributed by atoms with E-state index in [0.29, 0.717) is 11.4 Å². The number of nitrogens with one attached hydrogen (secondary N) is 1. The molecule has 0 aliphatic carbocycles. The highest BCUT2D eigenvalue weighted by Gasteiger charge is 2.09. The molecule has 0 aliphatic rings. The zero-order valence-electron chi connectivity index (χ0n) is 11.1. The van der Waals surface area contributed by atoms with E-state index in [-0.39, 0.29) is 11.4 Å². The van der Waals surface area contributed by atoms with Crippen molar-refractivity contribution in [3.8, 4) is 0 Å². The van der Waals surface area contributed by atoms with Crippen molar-refractivity contribution in [2.24, 2.45) is 5.10 Å². The minimum atomic E-state index is -1.24. The fourth-order valence-electron chi connectivity index (χ4n) is 1.50. The molecule has 0 radical (unpaired) electrons. The van der Waals surface area contributed by atoms with Crippen LogP contribution in [0.5, 0.6) is 0 Å². The van der Waals surface area contributed by atoms with Crippen LogP contribution in [0.15, 0.2) is 52.0 Å². The minimum absolute atomic E-state index is 0.0776. The first-order chi connectivity index (χ1) is 10.6. The van der Waals surface area contributed by atoms with Gasteiger partial charge in [0.1, 0.15) is 10.7 Å². The number of nitrogens with zero attached hydrogens (tertiary/aromatic N) is 2. The molecule has 1 heterocycles. The standard InChI is InChI=1S/C14H11N3O5/c18-14(19)10-3-5-11(6-4-10)16-15-9-1-2-12-7-8-13(22-12)17(20)21/h1-9,16H,(H,18,19)/p-1/b2-1+,15-9-. The Balaban J connectivity index is 1.88. The monoisotopic (exact) mass is 300 g/mol. The third-order valence-electron chi connectivity index (χ3n) is 2.53. The van der Waals surface area contributed by atoms with Gasteiger partial charge < -0.3 is 14.3 Å². The number of aromatic carboxylic acids is 1. The van der Waals surface area contributed by atoms with Crippen molar-refractivity contribution in [1.82, 2.24) is 0 Å². The van der Waals surface area contributed by atoms with E-state index in [9.17, 15) is 20.0 Å². The smallest absolute Gasteiger partial charge is 0.433 e. The summed E-state index contributed by atoms with van der Waals surface area (Å²) in [6.45, 7) is 0. The molecular formula is C14H10N3O5-. The Morgan fingerprint density at radius 1 is 1.23 bits per heavy atom. The number of hydrogen-bond donors (Lipinski definition) is 1. The third-order valence-corrected chi connectivity index (χ3v) is 2.53. The number of anilines is 1. The molecule has 1 aromatic heterocycles. The highest BCUT2D eigenvalue weighted by Crippen LogP contribution is 2.16. The van der Waals surface area contributed by atoms with Crippen molar-refractivity contribution >= 4 is 29.8 Å². The van der Waals surface area contributed by atoms with Crippen molar-refractivity contribution in [3.05, 3.63) is 63.9 Å². The van der Waals surface area contributed by atoms with E-state index in [1.807, 2.05) is 0 Å². The van der Waals surface area contributed by atoms with Gasteiger partial charge in [0.2, 0.25) is 0 Å². The lowest BCUT2D eigenvalue weighted by Gasteiger charge is -2.03. The predicted molar refractivity (Wildman–Crippen MR) is 77.3 cm³/mol. The van der Waals surface area contributed by atoms with Crippen LogP contribution in [0, 0.1) is 10.1 Å². The summed E-state index contributed by atoms with van der Waals surface area (Å²) in [6, 6.07) is 8.60.